The van der Waals surface area contributed by atoms with Crippen LogP contribution in [-0.4, -0.2) is 17.4 Å². The van der Waals surface area contributed by atoms with Gasteiger partial charge in [-0.3, -0.25) is 4.79 Å². The van der Waals surface area contributed by atoms with Crippen LogP contribution in [0.2, 0.25) is 0 Å². The monoisotopic (exact) mass is 224 g/mol. The van der Waals surface area contributed by atoms with Crippen molar-refractivity contribution in [2.24, 2.45) is 0 Å². The van der Waals surface area contributed by atoms with E-state index in [0.717, 1.165) is 17.1 Å². The van der Waals surface area contributed by atoms with E-state index in [0.29, 0.717) is 13.0 Å². The second-order valence-corrected chi connectivity index (χ2v) is 4.62. The summed E-state index contributed by atoms with van der Waals surface area (Å²) in [6.07, 6.45) is 2.98. The van der Waals surface area contributed by atoms with Gasteiger partial charge in [0.15, 0.2) is 0 Å². The summed E-state index contributed by atoms with van der Waals surface area (Å²) in [5.74, 6) is 0.0698. The maximum Gasteiger partial charge on any atom is 0.220 e. The van der Waals surface area contributed by atoms with Gasteiger partial charge in [0.1, 0.15) is 0 Å². The molecule has 0 unspecified atom stereocenters. The zero-order valence-corrected chi connectivity index (χ0v) is 9.99. The number of aromatic nitrogens is 1. The van der Waals surface area contributed by atoms with E-state index in [2.05, 4.69) is 16.9 Å². The van der Waals surface area contributed by atoms with Gasteiger partial charge in [0.25, 0.3) is 0 Å². The third kappa shape index (κ3) is 3.83. The Kier molecular flexibility index (Phi) is 4.49. The summed E-state index contributed by atoms with van der Waals surface area (Å²) in [5, 5.41) is 3.82. The average molecular weight is 224 g/mol. The lowest BCUT2D eigenvalue weighted by Crippen LogP contribution is -2.23. The Hall–Kier alpha value is -1.16. The van der Waals surface area contributed by atoms with Gasteiger partial charge in [0.05, 0.1) is 10.7 Å². The Balaban J connectivity index is 2.39. The fourth-order valence-corrected chi connectivity index (χ4v) is 2.24. The molecule has 0 spiro atoms. The van der Waals surface area contributed by atoms with Crippen molar-refractivity contribution in [3.05, 3.63) is 28.2 Å². The highest BCUT2D eigenvalue weighted by Crippen LogP contribution is 2.18. The summed E-state index contributed by atoms with van der Waals surface area (Å²) in [5.41, 5.74) is 1.05. The molecule has 1 heterocycles. The van der Waals surface area contributed by atoms with Gasteiger partial charge < -0.3 is 5.32 Å². The lowest BCUT2D eigenvalue weighted by atomic mass is 10.2. The normalized spacial score (nSPS) is 10.0. The Labute approximate surface area is 94.2 Å². The molecule has 0 fully saturated rings. The standard InChI is InChI=1S/C11H16N2OS/c1-4-7-12-11(14)6-5-10-8(2)13-9(3)15-10/h4H,1,5-7H2,2-3H3,(H,12,14). The van der Waals surface area contributed by atoms with Crippen LogP contribution >= 0.6 is 11.3 Å². The number of amides is 1. The van der Waals surface area contributed by atoms with Crippen LogP contribution in [0.15, 0.2) is 12.7 Å². The summed E-state index contributed by atoms with van der Waals surface area (Å²) in [6.45, 7) is 8.06. The molecule has 1 aromatic rings. The highest BCUT2D eigenvalue weighted by atomic mass is 32.1. The quantitative estimate of drug-likeness (QED) is 0.777. The maximum absolute atomic E-state index is 11.3. The Morgan fingerprint density at radius 1 is 1.60 bits per heavy atom. The van der Waals surface area contributed by atoms with Gasteiger partial charge in [-0.05, 0) is 20.3 Å². The zero-order chi connectivity index (χ0) is 11.3. The van der Waals surface area contributed by atoms with E-state index >= 15 is 0 Å². The van der Waals surface area contributed by atoms with Crippen molar-refractivity contribution in [2.75, 3.05) is 6.54 Å². The van der Waals surface area contributed by atoms with Gasteiger partial charge in [0, 0.05) is 17.8 Å². The summed E-state index contributed by atoms with van der Waals surface area (Å²) >= 11 is 1.67. The number of hydrogen-bond acceptors (Lipinski definition) is 3. The van der Waals surface area contributed by atoms with Gasteiger partial charge in [-0.15, -0.1) is 17.9 Å². The topological polar surface area (TPSA) is 42.0 Å². The molecule has 0 atom stereocenters. The molecule has 4 heteroatoms. The fraction of sp³-hybridized carbons (Fsp3) is 0.455. The minimum absolute atomic E-state index is 0.0698. The van der Waals surface area contributed by atoms with Gasteiger partial charge in [-0.25, -0.2) is 4.98 Å². The number of hydrogen-bond donors (Lipinski definition) is 1. The maximum atomic E-state index is 11.3. The molecule has 3 nitrogen and oxygen atoms in total. The first kappa shape index (κ1) is 11.9. The lowest BCUT2D eigenvalue weighted by Gasteiger charge is -2.00. The molecule has 0 aliphatic carbocycles. The molecular formula is C11H16N2OS. The van der Waals surface area contributed by atoms with Gasteiger partial charge in [-0.1, -0.05) is 6.08 Å². The molecule has 15 heavy (non-hydrogen) atoms. The molecule has 1 rings (SSSR count). The number of carbonyl (C=O) groups excluding carboxylic acids is 1. The molecule has 1 N–H and O–H groups in total. The molecule has 0 bridgehead atoms. The first-order valence-electron chi connectivity index (χ1n) is 4.94. The van der Waals surface area contributed by atoms with E-state index < -0.39 is 0 Å². The molecule has 1 amide bonds. The third-order valence-corrected chi connectivity index (χ3v) is 3.15. The van der Waals surface area contributed by atoms with Gasteiger partial charge in [-0.2, -0.15) is 0 Å². The summed E-state index contributed by atoms with van der Waals surface area (Å²) in [4.78, 5) is 16.8. The number of nitrogens with zero attached hydrogens (tertiary/aromatic N) is 1. The van der Waals surface area contributed by atoms with Gasteiger partial charge in [0.2, 0.25) is 5.91 Å². The van der Waals surface area contributed by atoms with E-state index in [1.807, 2.05) is 13.8 Å². The molecule has 0 aliphatic heterocycles. The second-order valence-electron chi connectivity index (χ2n) is 3.33. The molecule has 0 aliphatic rings. The molecule has 0 saturated carbocycles. The zero-order valence-electron chi connectivity index (χ0n) is 9.17. The largest absolute Gasteiger partial charge is 0.353 e. The van der Waals surface area contributed by atoms with E-state index in [1.54, 1.807) is 17.4 Å². The van der Waals surface area contributed by atoms with E-state index in [4.69, 9.17) is 0 Å². The van der Waals surface area contributed by atoms with Crippen molar-refractivity contribution < 1.29 is 4.79 Å². The van der Waals surface area contributed by atoms with Crippen molar-refractivity contribution in [3.8, 4) is 0 Å². The SMILES string of the molecule is C=CCNC(=O)CCc1sc(C)nc1C. The van der Waals surface area contributed by atoms with Crippen LogP contribution in [0.4, 0.5) is 0 Å². The Morgan fingerprint density at radius 3 is 2.87 bits per heavy atom. The van der Waals surface area contributed by atoms with Crippen LogP contribution in [-0.2, 0) is 11.2 Å². The number of carbonyl (C=O) groups is 1. The van der Waals surface area contributed by atoms with Crippen LogP contribution in [0.5, 0.6) is 0 Å². The molecule has 82 valence electrons. The predicted octanol–water partition coefficient (Wildman–Crippen LogP) is 1.99. The summed E-state index contributed by atoms with van der Waals surface area (Å²) in [6, 6.07) is 0. The van der Waals surface area contributed by atoms with Crippen LogP contribution in [0.1, 0.15) is 22.0 Å². The van der Waals surface area contributed by atoms with Crippen LogP contribution in [0.3, 0.4) is 0 Å². The Morgan fingerprint density at radius 2 is 2.33 bits per heavy atom. The van der Waals surface area contributed by atoms with E-state index in [1.165, 1.54) is 4.88 Å². The minimum atomic E-state index is 0.0698. The van der Waals surface area contributed by atoms with E-state index in [9.17, 15) is 4.79 Å². The summed E-state index contributed by atoms with van der Waals surface area (Å²) < 4.78 is 0. The molecular weight excluding hydrogens is 208 g/mol. The van der Waals surface area contributed by atoms with Crippen molar-refractivity contribution >= 4 is 17.2 Å². The first-order valence-corrected chi connectivity index (χ1v) is 5.75. The Bertz CT molecular complexity index is 357. The van der Waals surface area contributed by atoms with Crippen LogP contribution in [0, 0.1) is 13.8 Å². The smallest absolute Gasteiger partial charge is 0.220 e. The van der Waals surface area contributed by atoms with Crippen molar-refractivity contribution in [1.29, 1.82) is 0 Å². The number of thiazole rings is 1. The number of nitrogens with one attached hydrogen (secondary N) is 1. The first-order chi connectivity index (χ1) is 7.13. The van der Waals surface area contributed by atoms with Crippen LogP contribution < -0.4 is 5.32 Å². The van der Waals surface area contributed by atoms with Crippen molar-refractivity contribution in [3.63, 3.8) is 0 Å². The molecule has 0 aromatic carbocycles. The second kappa shape index (κ2) is 5.66. The minimum Gasteiger partial charge on any atom is -0.353 e. The third-order valence-electron chi connectivity index (χ3n) is 2.02. The van der Waals surface area contributed by atoms with E-state index in [-0.39, 0.29) is 5.91 Å². The molecule has 0 saturated heterocycles. The number of rotatable bonds is 5. The lowest BCUT2D eigenvalue weighted by molar-refractivity contribution is -0.120. The highest BCUT2D eigenvalue weighted by molar-refractivity contribution is 7.11. The van der Waals surface area contributed by atoms with Gasteiger partial charge >= 0.3 is 0 Å². The summed E-state index contributed by atoms with van der Waals surface area (Å²) in [7, 11) is 0. The number of aryl methyl sites for hydroxylation is 3. The fourth-order valence-electron chi connectivity index (χ4n) is 1.31. The molecule has 1 aromatic heterocycles. The van der Waals surface area contributed by atoms with Crippen molar-refractivity contribution in [2.45, 2.75) is 26.7 Å². The predicted molar refractivity (Wildman–Crippen MR) is 63.1 cm³/mol. The highest BCUT2D eigenvalue weighted by Gasteiger charge is 2.07. The van der Waals surface area contributed by atoms with Crippen LogP contribution in [0.25, 0.3) is 0 Å². The van der Waals surface area contributed by atoms with Crippen molar-refractivity contribution in [1.82, 2.24) is 10.3 Å². The average Bonchev–Trinajstić information content (AvgIpc) is 2.51. The molecule has 0 radical (unpaired) electrons.